The number of hydrogen-bond acceptors (Lipinski definition) is 2. The van der Waals surface area contributed by atoms with Crippen molar-refractivity contribution in [1.82, 2.24) is 0 Å². The fraction of sp³-hybridized carbons (Fsp3) is 0. The molecule has 0 aliphatic rings. The molecule has 0 aliphatic carbocycles. The van der Waals surface area contributed by atoms with Crippen LogP contribution in [0, 0.1) is 0 Å². The van der Waals surface area contributed by atoms with Crippen LogP contribution in [0.25, 0.3) is 0 Å². The smallest absolute Gasteiger partial charge is 1.00 e. The minimum absolute atomic E-state index is 0. The van der Waals surface area contributed by atoms with Gasteiger partial charge in [-0.05, 0) is 0 Å². The molecule has 0 amide bonds. The molecule has 0 unspecified atom stereocenters. The van der Waals surface area contributed by atoms with Gasteiger partial charge >= 0.3 is 48.1 Å². The summed E-state index contributed by atoms with van der Waals surface area (Å²) in [6, 6.07) is 0. The predicted molar refractivity (Wildman–Crippen MR) is 22.2 cm³/mol. The first-order chi connectivity index (χ1) is 2.00. The quantitative estimate of drug-likeness (QED) is 0.399. The predicted octanol–water partition coefficient (Wildman–Crippen LogP) is -0.811. The van der Waals surface area contributed by atoms with Crippen molar-refractivity contribution in [2.75, 3.05) is 0 Å². The Kier molecular flexibility index (Phi) is 13.1. The first-order valence-electron chi connectivity index (χ1n) is 0.698. The summed E-state index contributed by atoms with van der Waals surface area (Å²) in [5.74, 6) is 0. The van der Waals surface area contributed by atoms with Gasteiger partial charge in [-0.15, -0.1) is 0 Å². The van der Waals surface area contributed by atoms with E-state index < -0.39 is 10.4 Å². The van der Waals surface area contributed by atoms with Crippen LogP contribution in [0.15, 0.2) is 0 Å². The van der Waals surface area contributed by atoms with E-state index in [0.29, 0.717) is 0 Å². The standard InChI is InChI=1S/Ca.Cu.H2O4S.2H/c;;1-5(2,3)4;;/h;;(H2,1,2,3,4);;/q+2;;;2*-1. The van der Waals surface area contributed by atoms with Crippen LogP contribution >= 0.6 is 0 Å². The Morgan fingerprint density at radius 3 is 1.29 bits per heavy atom. The van der Waals surface area contributed by atoms with Gasteiger partial charge in [0.15, 0.2) is 0 Å². The van der Waals surface area contributed by atoms with Crippen LogP contribution in [0.4, 0.5) is 0 Å². The van der Waals surface area contributed by atoms with Crippen LogP contribution < -0.4 is 0 Å². The minimum atomic E-state index is -4.67. The maximum atomic E-state index is 8.74. The van der Waals surface area contributed by atoms with Crippen molar-refractivity contribution in [3.63, 3.8) is 0 Å². The fourth-order valence-corrected chi connectivity index (χ4v) is 0. The monoisotopic (exact) mass is 203 g/mol. The Morgan fingerprint density at radius 1 is 1.29 bits per heavy atom. The molecule has 47 valence electrons. The second-order valence-electron chi connectivity index (χ2n) is 0.448. The molecule has 0 saturated carbocycles. The van der Waals surface area contributed by atoms with Gasteiger partial charge in [-0.1, -0.05) is 0 Å². The molecule has 0 bridgehead atoms. The van der Waals surface area contributed by atoms with Crippen molar-refractivity contribution >= 4 is 48.1 Å². The molecule has 7 heavy (non-hydrogen) atoms. The zero-order valence-corrected chi connectivity index (χ0v) is 7.09. The average molecular weight is 204 g/mol. The molecule has 7 heteroatoms. The van der Waals surface area contributed by atoms with Crippen molar-refractivity contribution in [3.8, 4) is 0 Å². The van der Waals surface area contributed by atoms with Gasteiger partial charge in [-0.3, -0.25) is 9.11 Å². The Hall–Kier alpha value is 1.65. The van der Waals surface area contributed by atoms with Crippen LogP contribution in [0.3, 0.4) is 0 Å². The van der Waals surface area contributed by atoms with E-state index in [9.17, 15) is 0 Å². The van der Waals surface area contributed by atoms with E-state index in [-0.39, 0.29) is 57.7 Å². The zero-order chi connectivity index (χ0) is 4.50. The second-order valence-corrected chi connectivity index (χ2v) is 1.34. The summed E-state index contributed by atoms with van der Waals surface area (Å²) in [4.78, 5) is 0. The van der Waals surface area contributed by atoms with Gasteiger partial charge < -0.3 is 2.85 Å². The van der Waals surface area contributed by atoms with Gasteiger partial charge in [0.25, 0.3) is 0 Å². The normalized spacial score (nSPS) is 8.29. The van der Waals surface area contributed by atoms with Gasteiger partial charge in [0, 0.05) is 17.1 Å². The van der Waals surface area contributed by atoms with Gasteiger partial charge in [-0.2, -0.15) is 8.42 Å². The van der Waals surface area contributed by atoms with E-state index in [1.54, 1.807) is 0 Å². The third kappa shape index (κ3) is 89.8. The average Bonchev–Trinajstić information content (AvgIpc) is 0.722. The summed E-state index contributed by atoms with van der Waals surface area (Å²) in [6.45, 7) is 0. The Bertz CT molecular complexity index is 102. The number of hydrogen-bond donors (Lipinski definition) is 2. The van der Waals surface area contributed by atoms with Crippen LogP contribution in [0.2, 0.25) is 0 Å². The third-order valence-electron chi connectivity index (χ3n) is 0. The SMILES string of the molecule is O=S(=O)(O)O.[Ca+2].[Cu].[H-].[H-]. The summed E-state index contributed by atoms with van der Waals surface area (Å²) < 4.78 is 31.6. The van der Waals surface area contributed by atoms with Crippen LogP contribution in [-0.4, -0.2) is 55.3 Å². The van der Waals surface area contributed by atoms with E-state index in [0.717, 1.165) is 0 Å². The fourth-order valence-electron chi connectivity index (χ4n) is 0. The van der Waals surface area contributed by atoms with E-state index in [2.05, 4.69) is 0 Å². The van der Waals surface area contributed by atoms with E-state index in [4.69, 9.17) is 17.5 Å². The van der Waals surface area contributed by atoms with Crippen molar-refractivity contribution in [2.24, 2.45) is 0 Å². The summed E-state index contributed by atoms with van der Waals surface area (Å²) in [5, 5.41) is 0. The summed E-state index contributed by atoms with van der Waals surface area (Å²) in [6.07, 6.45) is 0. The van der Waals surface area contributed by atoms with Gasteiger partial charge in [0.05, 0.1) is 0 Å². The van der Waals surface area contributed by atoms with Crippen molar-refractivity contribution in [3.05, 3.63) is 0 Å². The van der Waals surface area contributed by atoms with E-state index >= 15 is 0 Å². The summed E-state index contributed by atoms with van der Waals surface area (Å²) in [5.41, 5.74) is 0. The first kappa shape index (κ1) is 15.9. The molecular weight excluding hydrogens is 200 g/mol. The summed E-state index contributed by atoms with van der Waals surface area (Å²) >= 11 is 0. The topological polar surface area (TPSA) is 74.6 Å². The second kappa shape index (κ2) is 5.78. The number of rotatable bonds is 0. The molecule has 1 radical (unpaired) electrons. The van der Waals surface area contributed by atoms with E-state index in [1.807, 2.05) is 0 Å². The molecule has 0 aliphatic heterocycles. The molecule has 0 spiro atoms. The molecule has 2 N–H and O–H groups in total. The van der Waals surface area contributed by atoms with Gasteiger partial charge in [0.2, 0.25) is 0 Å². The zero-order valence-electron chi connectivity index (χ0n) is 5.13. The van der Waals surface area contributed by atoms with Crippen molar-refractivity contribution in [2.45, 2.75) is 0 Å². The Morgan fingerprint density at radius 2 is 1.29 bits per heavy atom. The molecule has 0 atom stereocenters. The molecular formula is H4CaCuO4S. The Labute approximate surface area is 84.7 Å². The molecule has 0 fully saturated rings. The maximum Gasteiger partial charge on any atom is 2.00 e. The van der Waals surface area contributed by atoms with Crippen molar-refractivity contribution < 1.29 is 37.4 Å². The summed E-state index contributed by atoms with van der Waals surface area (Å²) in [7, 11) is -4.67. The molecule has 0 aromatic rings. The molecule has 0 heterocycles. The van der Waals surface area contributed by atoms with Crippen LogP contribution in [0.5, 0.6) is 0 Å². The van der Waals surface area contributed by atoms with Gasteiger partial charge in [0.1, 0.15) is 0 Å². The van der Waals surface area contributed by atoms with Gasteiger partial charge in [-0.25, -0.2) is 0 Å². The maximum absolute atomic E-state index is 8.74. The molecule has 0 rings (SSSR count). The van der Waals surface area contributed by atoms with Crippen LogP contribution in [0.1, 0.15) is 2.85 Å². The molecule has 0 aromatic heterocycles. The largest absolute Gasteiger partial charge is 2.00 e. The Balaban J connectivity index is -0.0000000133. The molecule has 0 saturated heterocycles. The third-order valence-corrected chi connectivity index (χ3v) is 0. The van der Waals surface area contributed by atoms with Crippen LogP contribution in [-0.2, 0) is 27.5 Å². The van der Waals surface area contributed by atoms with E-state index in [1.165, 1.54) is 0 Å². The minimum Gasteiger partial charge on any atom is -1.00 e. The first-order valence-corrected chi connectivity index (χ1v) is 2.10. The molecule has 4 nitrogen and oxygen atoms in total. The van der Waals surface area contributed by atoms with Crippen molar-refractivity contribution in [1.29, 1.82) is 0 Å². The molecule has 0 aromatic carbocycles.